The second-order valence-corrected chi connectivity index (χ2v) is 4.21. The van der Waals surface area contributed by atoms with Crippen molar-refractivity contribution in [3.63, 3.8) is 0 Å². The highest BCUT2D eigenvalue weighted by Gasteiger charge is 2.38. The van der Waals surface area contributed by atoms with Crippen LogP contribution in [0.4, 0.5) is 0 Å². The second-order valence-electron chi connectivity index (χ2n) is 4.21. The van der Waals surface area contributed by atoms with E-state index in [1.807, 2.05) is 0 Å². The molecule has 0 aromatic carbocycles. The summed E-state index contributed by atoms with van der Waals surface area (Å²) < 4.78 is 0. The van der Waals surface area contributed by atoms with Gasteiger partial charge in [0, 0.05) is 12.6 Å². The minimum atomic E-state index is 0.0648. The van der Waals surface area contributed by atoms with E-state index in [0.29, 0.717) is 19.1 Å². The Kier molecular flexibility index (Phi) is 2.90. The first-order valence-corrected chi connectivity index (χ1v) is 5.49. The lowest BCUT2D eigenvalue weighted by Crippen LogP contribution is -2.54. The quantitative estimate of drug-likeness (QED) is 0.660. The average Bonchev–Trinajstić information content (AvgIpc) is 3.02. The zero-order valence-corrected chi connectivity index (χ0v) is 8.82. The summed E-state index contributed by atoms with van der Waals surface area (Å²) in [5, 5.41) is 0. The van der Waals surface area contributed by atoms with Crippen LogP contribution in [-0.4, -0.2) is 53.8 Å². The van der Waals surface area contributed by atoms with Gasteiger partial charge in [0.05, 0.1) is 6.54 Å². The number of nitrogens with zero attached hydrogens (tertiary/aromatic N) is 2. The van der Waals surface area contributed by atoms with Gasteiger partial charge in [-0.15, -0.1) is 0 Å². The van der Waals surface area contributed by atoms with Crippen LogP contribution in [0.1, 0.15) is 19.3 Å². The lowest BCUT2D eigenvalue weighted by Gasteiger charge is -2.33. The molecule has 0 unspecified atom stereocenters. The van der Waals surface area contributed by atoms with Crippen molar-refractivity contribution in [2.75, 3.05) is 26.2 Å². The normalized spacial score (nSPS) is 22.5. The molecular weight excluding hydrogens is 194 g/mol. The van der Waals surface area contributed by atoms with Gasteiger partial charge >= 0.3 is 0 Å². The van der Waals surface area contributed by atoms with Crippen molar-refractivity contribution in [1.82, 2.24) is 9.80 Å². The highest BCUT2D eigenvalue weighted by Crippen LogP contribution is 2.28. The molecule has 84 valence electrons. The molecule has 1 aliphatic heterocycles. The molecule has 0 spiro atoms. The Bertz CT molecular complexity index is 276. The molecule has 1 saturated carbocycles. The topological polar surface area (TPSA) is 66.6 Å². The molecule has 0 aromatic heterocycles. The van der Waals surface area contributed by atoms with Gasteiger partial charge in [0.1, 0.15) is 6.54 Å². The number of hydrogen-bond donors (Lipinski definition) is 1. The summed E-state index contributed by atoms with van der Waals surface area (Å²) in [5.74, 6) is 0.157. The summed E-state index contributed by atoms with van der Waals surface area (Å²) in [7, 11) is 0. The van der Waals surface area contributed by atoms with Gasteiger partial charge in [-0.25, -0.2) is 0 Å². The van der Waals surface area contributed by atoms with Crippen LogP contribution in [0.25, 0.3) is 0 Å². The molecule has 15 heavy (non-hydrogen) atoms. The first-order chi connectivity index (χ1) is 7.22. The van der Waals surface area contributed by atoms with Crippen LogP contribution in [0.3, 0.4) is 0 Å². The van der Waals surface area contributed by atoms with E-state index in [1.54, 1.807) is 9.80 Å². The lowest BCUT2D eigenvalue weighted by atomic mass is 10.2. The number of rotatable bonds is 4. The standard InChI is InChI=1S/C10H17N3O2/c11-4-1-5-12-6-10(15)13(7-9(12)14)8-2-3-8/h8H,1-7,11H2. The van der Waals surface area contributed by atoms with E-state index in [1.165, 1.54) is 0 Å². The highest BCUT2D eigenvalue weighted by molar-refractivity contribution is 5.92. The molecule has 1 saturated heterocycles. The first kappa shape index (κ1) is 10.4. The van der Waals surface area contributed by atoms with Crippen molar-refractivity contribution in [1.29, 1.82) is 0 Å². The Morgan fingerprint density at radius 3 is 2.53 bits per heavy atom. The van der Waals surface area contributed by atoms with Crippen molar-refractivity contribution in [2.45, 2.75) is 25.3 Å². The number of piperazine rings is 1. The van der Waals surface area contributed by atoms with Gasteiger partial charge in [0.2, 0.25) is 11.8 Å². The van der Waals surface area contributed by atoms with Crippen molar-refractivity contribution in [2.24, 2.45) is 5.73 Å². The summed E-state index contributed by atoms with van der Waals surface area (Å²) >= 11 is 0. The van der Waals surface area contributed by atoms with Crippen LogP contribution in [-0.2, 0) is 9.59 Å². The second kappa shape index (κ2) is 4.18. The Morgan fingerprint density at radius 1 is 1.20 bits per heavy atom. The SMILES string of the molecule is NCCCN1CC(=O)N(C2CC2)CC1=O. The fraction of sp³-hybridized carbons (Fsp3) is 0.800. The number of carbonyl (C=O) groups excluding carboxylic acids is 2. The lowest BCUT2D eigenvalue weighted by molar-refractivity contribution is -0.150. The summed E-state index contributed by atoms with van der Waals surface area (Å²) in [5.41, 5.74) is 5.38. The maximum absolute atomic E-state index is 11.7. The van der Waals surface area contributed by atoms with Crippen molar-refractivity contribution in [3.05, 3.63) is 0 Å². The molecule has 2 aliphatic rings. The van der Waals surface area contributed by atoms with Crippen LogP contribution >= 0.6 is 0 Å². The summed E-state index contributed by atoms with van der Waals surface area (Å²) in [6.07, 6.45) is 2.88. The smallest absolute Gasteiger partial charge is 0.242 e. The van der Waals surface area contributed by atoms with Gasteiger partial charge in [0.15, 0.2) is 0 Å². The molecule has 5 nitrogen and oxygen atoms in total. The largest absolute Gasteiger partial charge is 0.332 e. The van der Waals surface area contributed by atoms with Gasteiger partial charge < -0.3 is 15.5 Å². The molecule has 0 aromatic rings. The van der Waals surface area contributed by atoms with Crippen LogP contribution in [0.5, 0.6) is 0 Å². The molecule has 0 atom stereocenters. The summed E-state index contributed by atoms with van der Waals surface area (Å²) in [6, 6.07) is 0.345. The molecule has 2 amide bonds. The molecule has 5 heteroatoms. The highest BCUT2D eigenvalue weighted by atomic mass is 16.2. The Morgan fingerprint density at radius 2 is 1.93 bits per heavy atom. The minimum Gasteiger partial charge on any atom is -0.332 e. The van der Waals surface area contributed by atoms with Gasteiger partial charge in [0.25, 0.3) is 0 Å². The molecule has 2 fully saturated rings. The Labute approximate surface area is 89.2 Å². The third-order valence-electron chi connectivity index (χ3n) is 2.92. The van der Waals surface area contributed by atoms with E-state index in [0.717, 1.165) is 19.3 Å². The van der Waals surface area contributed by atoms with Crippen LogP contribution in [0.15, 0.2) is 0 Å². The van der Waals surface area contributed by atoms with Crippen molar-refractivity contribution >= 4 is 11.8 Å². The number of nitrogens with two attached hydrogens (primary N) is 1. The molecule has 1 heterocycles. The Balaban J connectivity index is 1.90. The maximum Gasteiger partial charge on any atom is 0.242 e. The van der Waals surface area contributed by atoms with Gasteiger partial charge in [-0.2, -0.15) is 0 Å². The molecule has 0 bridgehead atoms. The number of carbonyl (C=O) groups is 2. The fourth-order valence-electron chi connectivity index (χ4n) is 1.88. The van der Waals surface area contributed by atoms with E-state index in [2.05, 4.69) is 0 Å². The monoisotopic (exact) mass is 211 g/mol. The predicted molar refractivity (Wildman–Crippen MR) is 55.0 cm³/mol. The predicted octanol–water partition coefficient (Wildman–Crippen LogP) is -0.832. The van der Waals surface area contributed by atoms with Crippen LogP contribution < -0.4 is 5.73 Å². The van der Waals surface area contributed by atoms with E-state index in [9.17, 15) is 9.59 Å². The fourth-order valence-corrected chi connectivity index (χ4v) is 1.88. The first-order valence-electron chi connectivity index (χ1n) is 5.49. The minimum absolute atomic E-state index is 0.0648. The van der Waals surface area contributed by atoms with E-state index >= 15 is 0 Å². The Hall–Kier alpha value is -1.10. The van der Waals surface area contributed by atoms with E-state index < -0.39 is 0 Å². The molecule has 1 aliphatic carbocycles. The molecule has 0 radical (unpaired) electrons. The van der Waals surface area contributed by atoms with E-state index in [-0.39, 0.29) is 24.9 Å². The summed E-state index contributed by atoms with van der Waals surface area (Å²) in [4.78, 5) is 26.7. The third-order valence-corrected chi connectivity index (χ3v) is 2.92. The third kappa shape index (κ3) is 2.28. The van der Waals surface area contributed by atoms with Crippen LogP contribution in [0, 0.1) is 0 Å². The molecule has 2 N–H and O–H groups in total. The maximum atomic E-state index is 11.7. The van der Waals surface area contributed by atoms with Gasteiger partial charge in [-0.1, -0.05) is 0 Å². The van der Waals surface area contributed by atoms with Gasteiger partial charge in [-0.3, -0.25) is 9.59 Å². The van der Waals surface area contributed by atoms with Crippen LogP contribution in [0.2, 0.25) is 0 Å². The van der Waals surface area contributed by atoms with Crippen molar-refractivity contribution in [3.8, 4) is 0 Å². The number of amides is 2. The average molecular weight is 211 g/mol. The number of hydrogen-bond acceptors (Lipinski definition) is 3. The van der Waals surface area contributed by atoms with Crippen molar-refractivity contribution < 1.29 is 9.59 Å². The zero-order valence-electron chi connectivity index (χ0n) is 8.82. The summed E-state index contributed by atoms with van der Waals surface area (Å²) in [6.45, 7) is 1.69. The molecular formula is C10H17N3O2. The molecule has 2 rings (SSSR count). The van der Waals surface area contributed by atoms with E-state index in [4.69, 9.17) is 5.73 Å². The zero-order chi connectivity index (χ0) is 10.8. The van der Waals surface area contributed by atoms with Gasteiger partial charge in [-0.05, 0) is 25.8 Å².